The van der Waals surface area contributed by atoms with Crippen molar-refractivity contribution in [1.29, 1.82) is 0 Å². The van der Waals surface area contributed by atoms with Gasteiger partial charge in [-0.25, -0.2) is 0 Å². The van der Waals surface area contributed by atoms with Gasteiger partial charge in [0.15, 0.2) is 0 Å². The van der Waals surface area contributed by atoms with E-state index < -0.39 is 0 Å². The van der Waals surface area contributed by atoms with Gasteiger partial charge in [0.2, 0.25) is 0 Å². The predicted molar refractivity (Wildman–Crippen MR) is 266 cm³/mol. The highest BCUT2D eigenvalue weighted by Gasteiger charge is 2.43. The fourth-order valence-electron chi connectivity index (χ4n) is 11.1. The Labute approximate surface area is 363 Å². The van der Waals surface area contributed by atoms with Crippen LogP contribution in [-0.2, 0) is 10.8 Å². The van der Waals surface area contributed by atoms with Gasteiger partial charge in [0, 0.05) is 10.8 Å². The van der Waals surface area contributed by atoms with Crippen LogP contribution in [-0.4, -0.2) is 0 Å². The lowest BCUT2D eigenvalue weighted by Gasteiger charge is -2.44. The summed E-state index contributed by atoms with van der Waals surface area (Å²) < 4.78 is 0. The fourth-order valence-corrected chi connectivity index (χ4v) is 11.1. The number of rotatable bonds is 4. The first-order chi connectivity index (χ1) is 30.3. The van der Waals surface area contributed by atoms with E-state index in [1.165, 1.54) is 121 Å². The minimum atomic E-state index is -0.280. The van der Waals surface area contributed by atoms with E-state index in [4.69, 9.17) is 0 Å². The van der Waals surface area contributed by atoms with E-state index in [9.17, 15) is 0 Å². The van der Waals surface area contributed by atoms with Crippen LogP contribution in [0, 0.1) is 0 Å². The molecule has 0 atom stereocenters. The molecular weight excluding hydrogens is 745 g/mol. The summed E-state index contributed by atoms with van der Waals surface area (Å²) in [6, 6.07) is 77.3. The van der Waals surface area contributed by atoms with Crippen molar-refractivity contribution in [3.63, 3.8) is 0 Å². The van der Waals surface area contributed by atoms with Gasteiger partial charge >= 0.3 is 0 Å². The largest absolute Gasteiger partial charge is 0.0622 e. The maximum Gasteiger partial charge on any atom is 0.0153 e. The van der Waals surface area contributed by atoms with Gasteiger partial charge in [0.05, 0.1) is 0 Å². The molecule has 0 bridgehead atoms. The zero-order chi connectivity index (χ0) is 41.7. The third-order valence-corrected chi connectivity index (χ3v) is 14.3. The van der Waals surface area contributed by atoms with Crippen molar-refractivity contribution in [2.75, 3.05) is 0 Å². The molecule has 0 saturated heterocycles. The molecule has 11 aromatic rings. The number of fused-ring (bicyclic) bond motifs is 10. The molecular formula is C62H46. The Morgan fingerprint density at radius 2 is 0.484 bits per heavy atom. The smallest absolute Gasteiger partial charge is 0.0153 e. The second kappa shape index (κ2) is 13.6. The van der Waals surface area contributed by atoms with Crippen LogP contribution in [0.25, 0.3) is 98.4 Å². The Morgan fingerprint density at radius 3 is 0.855 bits per heavy atom. The van der Waals surface area contributed by atoms with E-state index >= 15 is 0 Å². The minimum absolute atomic E-state index is 0.280. The molecule has 0 saturated carbocycles. The van der Waals surface area contributed by atoms with Crippen molar-refractivity contribution in [2.45, 2.75) is 38.5 Å². The lowest BCUT2D eigenvalue weighted by molar-refractivity contribution is 0.523. The maximum absolute atomic E-state index is 2.60. The lowest BCUT2D eigenvalue weighted by atomic mass is 9.59. The lowest BCUT2D eigenvalue weighted by Crippen LogP contribution is -2.36. The highest BCUT2D eigenvalue weighted by atomic mass is 14.5. The molecule has 0 radical (unpaired) electrons. The van der Waals surface area contributed by atoms with Crippen molar-refractivity contribution >= 4 is 53.9 Å². The molecule has 1 aliphatic carbocycles. The zero-order valence-electron chi connectivity index (χ0n) is 35.6. The van der Waals surface area contributed by atoms with Gasteiger partial charge in [-0.2, -0.15) is 0 Å². The maximum atomic E-state index is 2.60. The summed E-state index contributed by atoms with van der Waals surface area (Å²) in [5.74, 6) is 0. The van der Waals surface area contributed by atoms with Gasteiger partial charge in [-0.1, -0.05) is 198 Å². The molecule has 0 heteroatoms. The van der Waals surface area contributed by atoms with Crippen LogP contribution in [0.1, 0.15) is 49.9 Å². The van der Waals surface area contributed by atoms with Crippen LogP contribution in [0.5, 0.6) is 0 Å². The van der Waals surface area contributed by atoms with E-state index in [-0.39, 0.29) is 10.8 Å². The first-order valence-electron chi connectivity index (χ1n) is 22.0. The molecule has 0 aliphatic heterocycles. The fraction of sp³-hybridized carbons (Fsp3) is 0.0968. The van der Waals surface area contributed by atoms with E-state index in [1.54, 1.807) is 0 Å². The topological polar surface area (TPSA) is 0 Å². The van der Waals surface area contributed by atoms with Gasteiger partial charge in [-0.3, -0.25) is 0 Å². The van der Waals surface area contributed by atoms with Crippen LogP contribution in [0.3, 0.4) is 0 Å². The Hall–Kier alpha value is -7.28. The van der Waals surface area contributed by atoms with E-state index in [0.29, 0.717) is 0 Å². The van der Waals surface area contributed by atoms with Crippen LogP contribution < -0.4 is 0 Å². The molecule has 0 nitrogen and oxygen atoms in total. The molecule has 0 heterocycles. The third kappa shape index (κ3) is 5.39. The minimum Gasteiger partial charge on any atom is -0.0622 e. The molecule has 0 aromatic heterocycles. The quantitative estimate of drug-likeness (QED) is 0.123. The zero-order valence-corrected chi connectivity index (χ0v) is 35.6. The molecule has 62 heavy (non-hydrogen) atoms. The Balaban J connectivity index is 1.20. The number of hydrogen-bond donors (Lipinski definition) is 0. The van der Waals surface area contributed by atoms with Gasteiger partial charge in [0.25, 0.3) is 0 Å². The van der Waals surface area contributed by atoms with Crippen molar-refractivity contribution in [1.82, 2.24) is 0 Å². The Kier molecular flexibility index (Phi) is 8.03. The molecule has 12 rings (SSSR count). The number of benzene rings is 11. The van der Waals surface area contributed by atoms with Crippen LogP contribution in [0.15, 0.2) is 206 Å². The van der Waals surface area contributed by atoms with Crippen molar-refractivity contribution in [2.24, 2.45) is 0 Å². The van der Waals surface area contributed by atoms with E-state index in [1.807, 2.05) is 0 Å². The number of hydrogen-bond acceptors (Lipinski definition) is 0. The van der Waals surface area contributed by atoms with Crippen molar-refractivity contribution in [3.05, 3.63) is 229 Å². The standard InChI is InChI=1S/C62H46/c1-61(2)55-35-51-47-29-13-11-27-45(47)46-28-12-14-30-48(46)52(51)36-56(55)62(3,4)58-38-54-53(37-57(58)61)59(43-25-17-23-41(33-43)39-19-7-5-8-20-39)49-31-15-16-32-50(49)60(54)44-26-18-24-42(34-44)40-21-9-6-10-22-40/h5-38H,1-4H3. The van der Waals surface area contributed by atoms with Crippen molar-refractivity contribution < 1.29 is 0 Å². The summed E-state index contributed by atoms with van der Waals surface area (Å²) in [5.41, 5.74) is 15.0. The molecule has 0 spiro atoms. The third-order valence-electron chi connectivity index (χ3n) is 14.3. The molecule has 0 unspecified atom stereocenters. The predicted octanol–water partition coefficient (Wildman–Crippen LogP) is 17.1. The second-order valence-electron chi connectivity index (χ2n) is 18.4. The van der Waals surface area contributed by atoms with Crippen LogP contribution in [0.2, 0.25) is 0 Å². The van der Waals surface area contributed by atoms with Crippen LogP contribution in [0.4, 0.5) is 0 Å². The van der Waals surface area contributed by atoms with Gasteiger partial charge in [-0.15, -0.1) is 0 Å². The average molecular weight is 791 g/mol. The molecule has 11 aromatic carbocycles. The van der Waals surface area contributed by atoms with E-state index in [0.717, 1.165) is 0 Å². The Bertz CT molecular complexity index is 3370. The molecule has 1 aliphatic rings. The summed E-state index contributed by atoms with van der Waals surface area (Å²) >= 11 is 0. The van der Waals surface area contributed by atoms with Crippen LogP contribution >= 0.6 is 0 Å². The first kappa shape index (κ1) is 36.6. The monoisotopic (exact) mass is 790 g/mol. The SMILES string of the molecule is CC1(C)c2cc3c(-c4cccc(-c5ccccc5)c4)c4ccccc4c(-c4cccc(-c5ccccc5)c4)c3cc2C(C)(C)c2cc3c4ccccc4c4ccccc4c3cc21. The molecule has 0 N–H and O–H groups in total. The highest BCUT2D eigenvalue weighted by Crippen LogP contribution is 2.55. The average Bonchev–Trinajstić information content (AvgIpc) is 3.32. The highest BCUT2D eigenvalue weighted by molar-refractivity contribution is 6.26. The molecule has 0 amide bonds. The van der Waals surface area contributed by atoms with Gasteiger partial charge in [-0.05, 0) is 157 Å². The first-order valence-corrected chi connectivity index (χ1v) is 22.0. The summed E-state index contributed by atoms with van der Waals surface area (Å²) in [4.78, 5) is 0. The molecule has 294 valence electrons. The van der Waals surface area contributed by atoms with Gasteiger partial charge in [0.1, 0.15) is 0 Å². The van der Waals surface area contributed by atoms with E-state index in [2.05, 4.69) is 234 Å². The van der Waals surface area contributed by atoms with Crippen molar-refractivity contribution in [3.8, 4) is 44.5 Å². The Morgan fingerprint density at radius 1 is 0.210 bits per heavy atom. The summed E-state index contributed by atoms with van der Waals surface area (Å²) in [6.45, 7) is 9.84. The van der Waals surface area contributed by atoms with Gasteiger partial charge < -0.3 is 0 Å². The summed E-state index contributed by atoms with van der Waals surface area (Å²) in [5, 5.41) is 13.0. The summed E-state index contributed by atoms with van der Waals surface area (Å²) in [7, 11) is 0. The molecule has 0 fully saturated rings. The normalized spacial score (nSPS) is 14.1. The second-order valence-corrected chi connectivity index (χ2v) is 18.4. The summed E-state index contributed by atoms with van der Waals surface area (Å²) in [6.07, 6.45) is 0.